The summed E-state index contributed by atoms with van der Waals surface area (Å²) in [6.45, 7) is 3.31. The molecule has 0 saturated heterocycles. The van der Waals surface area contributed by atoms with E-state index in [2.05, 4.69) is 24.2 Å². The lowest BCUT2D eigenvalue weighted by molar-refractivity contribution is -0.124. The summed E-state index contributed by atoms with van der Waals surface area (Å²) in [5.41, 5.74) is 5.02. The highest BCUT2D eigenvalue weighted by Gasteiger charge is 2.43. The molecule has 1 amide bonds. The second-order valence-electron chi connectivity index (χ2n) is 4.93. The molecule has 1 aliphatic carbocycles. The van der Waals surface area contributed by atoms with Gasteiger partial charge < -0.3 is 16.0 Å². The molecule has 16 heavy (non-hydrogen) atoms. The molecule has 0 aromatic heterocycles. The number of rotatable bonds is 6. The van der Waals surface area contributed by atoms with Gasteiger partial charge in [0.05, 0.1) is 5.54 Å². The summed E-state index contributed by atoms with van der Waals surface area (Å²) in [4.78, 5) is 13.8. The summed E-state index contributed by atoms with van der Waals surface area (Å²) >= 11 is 0. The van der Waals surface area contributed by atoms with Crippen LogP contribution in [0.5, 0.6) is 0 Å². The van der Waals surface area contributed by atoms with Crippen LogP contribution in [0.1, 0.15) is 39.0 Å². The van der Waals surface area contributed by atoms with Crippen molar-refractivity contribution in [3.63, 3.8) is 0 Å². The highest BCUT2D eigenvalue weighted by Crippen LogP contribution is 2.32. The van der Waals surface area contributed by atoms with Crippen LogP contribution in [0.3, 0.4) is 0 Å². The number of hydrogen-bond acceptors (Lipinski definition) is 3. The van der Waals surface area contributed by atoms with E-state index in [9.17, 15) is 4.79 Å². The Morgan fingerprint density at radius 1 is 1.62 bits per heavy atom. The molecule has 3 N–H and O–H groups in total. The second kappa shape index (κ2) is 5.64. The summed E-state index contributed by atoms with van der Waals surface area (Å²) in [6.07, 6.45) is 5.20. The highest BCUT2D eigenvalue weighted by atomic mass is 16.1. The quantitative estimate of drug-likeness (QED) is 0.703. The van der Waals surface area contributed by atoms with E-state index < -0.39 is 5.54 Å². The number of likely N-dealkylation sites (N-methyl/N-ethyl adjacent to an activating group) is 1. The number of unbranched alkanes of at least 4 members (excludes halogenated alkanes) is 1. The molecule has 4 nitrogen and oxygen atoms in total. The Bertz CT molecular complexity index is 244. The van der Waals surface area contributed by atoms with Crippen molar-refractivity contribution in [2.45, 2.75) is 50.6 Å². The summed E-state index contributed by atoms with van der Waals surface area (Å²) in [6, 6.07) is 0.492. The third-order valence-corrected chi connectivity index (χ3v) is 3.93. The lowest BCUT2D eigenvalue weighted by Gasteiger charge is -2.28. The molecule has 1 aliphatic rings. The first-order valence-corrected chi connectivity index (χ1v) is 6.25. The number of carbonyl (C=O) groups excluding carboxylic acids is 1. The van der Waals surface area contributed by atoms with Crippen molar-refractivity contribution in [1.29, 1.82) is 0 Å². The van der Waals surface area contributed by atoms with Gasteiger partial charge in [-0.3, -0.25) is 4.79 Å². The van der Waals surface area contributed by atoms with Crippen LogP contribution in [0.2, 0.25) is 0 Å². The van der Waals surface area contributed by atoms with Crippen LogP contribution in [-0.4, -0.2) is 43.0 Å². The number of amides is 1. The topological polar surface area (TPSA) is 58.4 Å². The van der Waals surface area contributed by atoms with Gasteiger partial charge in [0.15, 0.2) is 0 Å². The molecular weight excluding hydrogens is 202 g/mol. The lowest BCUT2D eigenvalue weighted by atomic mass is 9.96. The summed E-state index contributed by atoms with van der Waals surface area (Å²) in [7, 11) is 3.98. The van der Waals surface area contributed by atoms with E-state index in [0.717, 1.165) is 25.8 Å². The molecule has 2 unspecified atom stereocenters. The van der Waals surface area contributed by atoms with E-state index in [-0.39, 0.29) is 5.91 Å². The number of hydrogen-bond donors (Lipinski definition) is 2. The molecule has 0 bridgehead atoms. The van der Waals surface area contributed by atoms with Crippen LogP contribution >= 0.6 is 0 Å². The van der Waals surface area contributed by atoms with Crippen LogP contribution in [0.4, 0.5) is 0 Å². The first kappa shape index (κ1) is 13.5. The molecule has 1 fully saturated rings. The molecule has 0 spiro atoms. The van der Waals surface area contributed by atoms with Gasteiger partial charge in [-0.25, -0.2) is 0 Å². The predicted octanol–water partition coefficient (Wildman–Crippen LogP) is 0.714. The number of primary amides is 1. The first-order valence-electron chi connectivity index (χ1n) is 6.25. The molecule has 0 aliphatic heterocycles. The Labute approximate surface area is 98.6 Å². The Morgan fingerprint density at radius 3 is 2.75 bits per heavy atom. The van der Waals surface area contributed by atoms with E-state index >= 15 is 0 Å². The molecule has 2 atom stereocenters. The third-order valence-electron chi connectivity index (χ3n) is 3.93. The van der Waals surface area contributed by atoms with Crippen molar-refractivity contribution < 1.29 is 4.79 Å². The van der Waals surface area contributed by atoms with Crippen molar-refractivity contribution in [3.8, 4) is 0 Å². The van der Waals surface area contributed by atoms with Crippen LogP contribution in [0.15, 0.2) is 0 Å². The lowest BCUT2D eigenvalue weighted by Crippen LogP contribution is -2.53. The van der Waals surface area contributed by atoms with Gasteiger partial charge in [0.25, 0.3) is 0 Å². The predicted molar refractivity (Wildman–Crippen MR) is 66.2 cm³/mol. The van der Waals surface area contributed by atoms with Crippen molar-refractivity contribution in [2.24, 2.45) is 5.73 Å². The highest BCUT2D eigenvalue weighted by molar-refractivity contribution is 5.85. The van der Waals surface area contributed by atoms with Gasteiger partial charge in [0.1, 0.15) is 0 Å². The first-order chi connectivity index (χ1) is 7.55. The Hall–Kier alpha value is -0.610. The largest absolute Gasteiger partial charge is 0.368 e. The van der Waals surface area contributed by atoms with Crippen molar-refractivity contribution in [1.82, 2.24) is 10.2 Å². The molecule has 1 rings (SSSR count). The maximum atomic E-state index is 11.5. The second-order valence-corrected chi connectivity index (χ2v) is 4.93. The number of nitrogens with zero attached hydrogens (tertiary/aromatic N) is 1. The normalized spacial score (nSPS) is 29.9. The molecule has 4 heteroatoms. The summed E-state index contributed by atoms with van der Waals surface area (Å²) in [5, 5.41) is 3.12. The molecular formula is C12H25N3O. The van der Waals surface area contributed by atoms with Crippen LogP contribution in [-0.2, 0) is 4.79 Å². The Morgan fingerprint density at radius 2 is 2.31 bits per heavy atom. The van der Waals surface area contributed by atoms with Gasteiger partial charge in [0, 0.05) is 6.04 Å². The molecule has 0 aromatic carbocycles. The Balaban J connectivity index is 2.53. The van der Waals surface area contributed by atoms with E-state index in [4.69, 9.17) is 5.73 Å². The number of nitrogens with two attached hydrogens (primary N) is 1. The molecule has 0 aromatic rings. The smallest absolute Gasteiger partial charge is 0.237 e. The maximum absolute atomic E-state index is 11.5. The number of carbonyl (C=O) groups is 1. The van der Waals surface area contributed by atoms with E-state index in [0.29, 0.717) is 6.04 Å². The molecule has 0 heterocycles. The van der Waals surface area contributed by atoms with Gasteiger partial charge in [0.2, 0.25) is 5.91 Å². The molecule has 1 saturated carbocycles. The average Bonchev–Trinajstić information content (AvgIpc) is 2.71. The fourth-order valence-corrected chi connectivity index (χ4v) is 2.56. The van der Waals surface area contributed by atoms with Crippen LogP contribution < -0.4 is 11.1 Å². The summed E-state index contributed by atoms with van der Waals surface area (Å²) in [5.74, 6) is -0.207. The van der Waals surface area contributed by atoms with Crippen molar-refractivity contribution >= 4 is 5.91 Å². The van der Waals surface area contributed by atoms with Gasteiger partial charge in [-0.05, 0) is 46.3 Å². The van der Waals surface area contributed by atoms with Gasteiger partial charge in [-0.1, -0.05) is 13.3 Å². The van der Waals surface area contributed by atoms with Crippen molar-refractivity contribution in [3.05, 3.63) is 0 Å². The Kier molecular flexibility index (Phi) is 4.74. The fourth-order valence-electron chi connectivity index (χ4n) is 2.56. The van der Waals surface area contributed by atoms with Crippen LogP contribution in [0, 0.1) is 0 Å². The minimum Gasteiger partial charge on any atom is -0.368 e. The average molecular weight is 227 g/mol. The summed E-state index contributed by atoms with van der Waals surface area (Å²) < 4.78 is 0. The fraction of sp³-hybridized carbons (Fsp3) is 0.917. The zero-order valence-corrected chi connectivity index (χ0v) is 10.8. The minimum absolute atomic E-state index is 0.207. The molecule has 94 valence electrons. The van der Waals surface area contributed by atoms with E-state index in [1.165, 1.54) is 12.8 Å². The van der Waals surface area contributed by atoms with Crippen LogP contribution in [0.25, 0.3) is 0 Å². The van der Waals surface area contributed by atoms with E-state index in [1.54, 1.807) is 0 Å². The minimum atomic E-state index is -0.467. The SMILES string of the molecule is CCCCN(C)C1CCC(NC)(C(N)=O)C1. The third kappa shape index (κ3) is 2.74. The van der Waals surface area contributed by atoms with Crippen molar-refractivity contribution in [2.75, 3.05) is 20.6 Å². The maximum Gasteiger partial charge on any atom is 0.237 e. The van der Waals surface area contributed by atoms with Gasteiger partial charge in [-0.2, -0.15) is 0 Å². The van der Waals surface area contributed by atoms with E-state index in [1.807, 2.05) is 7.05 Å². The standard InChI is InChI=1S/C12H25N3O/c1-4-5-8-15(3)10-6-7-12(9-10,14-2)11(13)16/h10,14H,4-9H2,1-3H3,(H2,13,16). The van der Waals surface area contributed by atoms with Gasteiger partial charge in [-0.15, -0.1) is 0 Å². The molecule has 0 radical (unpaired) electrons. The number of nitrogens with one attached hydrogen (secondary N) is 1. The zero-order valence-electron chi connectivity index (χ0n) is 10.8. The zero-order chi connectivity index (χ0) is 12.2. The monoisotopic (exact) mass is 227 g/mol. The van der Waals surface area contributed by atoms with Gasteiger partial charge >= 0.3 is 0 Å².